The number of ether oxygens (including phenoxy) is 1. The van der Waals surface area contributed by atoms with Crippen LogP contribution < -0.4 is 0 Å². The van der Waals surface area contributed by atoms with Gasteiger partial charge in [0.25, 0.3) is 0 Å². The van der Waals surface area contributed by atoms with Crippen molar-refractivity contribution in [1.82, 2.24) is 9.55 Å². The molecule has 6 heteroatoms. The average molecular weight is 465 g/mol. The van der Waals surface area contributed by atoms with Crippen LogP contribution in [-0.4, -0.2) is 22.1 Å². The van der Waals surface area contributed by atoms with Gasteiger partial charge in [0.15, 0.2) is 5.69 Å². The molecule has 0 radical (unpaired) electrons. The standard InChI is InChI=1S/C26H22Cl2N2O2/c1-4-32-26(31)23-24(18-8-6-10-20(27)14-18)30(22-15-21(28)12-11-17(22)3)25(29-23)19-9-5-7-16(2)13-19/h5-15H,4H2,1-3H3. The molecule has 4 aromatic rings. The quantitative estimate of drug-likeness (QED) is 0.290. The van der Waals surface area contributed by atoms with Gasteiger partial charge in [0, 0.05) is 21.2 Å². The van der Waals surface area contributed by atoms with E-state index >= 15 is 0 Å². The fourth-order valence-electron chi connectivity index (χ4n) is 3.70. The van der Waals surface area contributed by atoms with E-state index in [4.69, 9.17) is 32.9 Å². The van der Waals surface area contributed by atoms with E-state index in [1.165, 1.54) is 0 Å². The molecule has 0 fully saturated rings. The molecule has 0 aliphatic heterocycles. The smallest absolute Gasteiger partial charge is 0.359 e. The van der Waals surface area contributed by atoms with Crippen molar-refractivity contribution >= 4 is 29.2 Å². The second-order valence-electron chi connectivity index (χ2n) is 7.50. The van der Waals surface area contributed by atoms with E-state index in [1.54, 1.807) is 13.0 Å². The predicted octanol–water partition coefficient (Wildman–Crippen LogP) is 7.31. The molecule has 0 saturated carbocycles. The number of nitrogens with zero attached hydrogens (tertiary/aromatic N) is 2. The Labute approximate surface area is 197 Å². The van der Waals surface area contributed by atoms with Gasteiger partial charge in [-0.05, 0) is 56.7 Å². The minimum Gasteiger partial charge on any atom is -0.461 e. The Morgan fingerprint density at radius 2 is 1.66 bits per heavy atom. The largest absolute Gasteiger partial charge is 0.461 e. The van der Waals surface area contributed by atoms with Gasteiger partial charge in [-0.15, -0.1) is 0 Å². The third-order valence-electron chi connectivity index (χ3n) is 5.13. The summed E-state index contributed by atoms with van der Waals surface area (Å²) in [6, 6.07) is 21.0. The van der Waals surface area contributed by atoms with Gasteiger partial charge in [-0.1, -0.05) is 65.2 Å². The minimum atomic E-state index is -0.491. The molecule has 0 saturated heterocycles. The summed E-state index contributed by atoms with van der Waals surface area (Å²) < 4.78 is 7.33. The summed E-state index contributed by atoms with van der Waals surface area (Å²) in [6.07, 6.45) is 0. The molecular formula is C26H22Cl2N2O2. The lowest BCUT2D eigenvalue weighted by Gasteiger charge is -2.16. The van der Waals surface area contributed by atoms with Crippen LogP contribution in [0.1, 0.15) is 28.5 Å². The van der Waals surface area contributed by atoms with Gasteiger partial charge in [0.05, 0.1) is 18.0 Å². The second-order valence-corrected chi connectivity index (χ2v) is 8.37. The van der Waals surface area contributed by atoms with Crippen molar-refractivity contribution in [2.45, 2.75) is 20.8 Å². The molecular weight excluding hydrogens is 443 g/mol. The third-order valence-corrected chi connectivity index (χ3v) is 5.60. The summed E-state index contributed by atoms with van der Waals surface area (Å²) in [4.78, 5) is 17.8. The highest BCUT2D eigenvalue weighted by atomic mass is 35.5. The number of halogens is 2. The molecule has 0 bridgehead atoms. The number of aryl methyl sites for hydroxylation is 2. The predicted molar refractivity (Wildman–Crippen MR) is 130 cm³/mol. The fraction of sp³-hybridized carbons (Fsp3) is 0.154. The van der Waals surface area contributed by atoms with Crippen LogP contribution in [0.2, 0.25) is 10.0 Å². The molecule has 0 spiro atoms. The Balaban J connectivity index is 2.14. The van der Waals surface area contributed by atoms with Crippen molar-refractivity contribution in [3.8, 4) is 28.3 Å². The Morgan fingerprint density at radius 1 is 0.938 bits per heavy atom. The van der Waals surface area contributed by atoms with Gasteiger partial charge >= 0.3 is 5.97 Å². The molecule has 0 unspecified atom stereocenters. The summed E-state index contributed by atoms with van der Waals surface area (Å²) >= 11 is 12.7. The topological polar surface area (TPSA) is 44.1 Å². The minimum absolute atomic E-state index is 0.227. The molecule has 32 heavy (non-hydrogen) atoms. The first-order valence-electron chi connectivity index (χ1n) is 10.3. The number of aromatic nitrogens is 2. The van der Waals surface area contributed by atoms with Crippen LogP contribution in [0.25, 0.3) is 28.3 Å². The van der Waals surface area contributed by atoms with Crippen LogP contribution in [-0.2, 0) is 4.74 Å². The summed E-state index contributed by atoms with van der Waals surface area (Å²) in [6.45, 7) is 6.04. The number of hydrogen-bond acceptors (Lipinski definition) is 3. The van der Waals surface area contributed by atoms with E-state index in [-0.39, 0.29) is 12.3 Å². The lowest BCUT2D eigenvalue weighted by Crippen LogP contribution is -2.08. The SMILES string of the molecule is CCOC(=O)c1nc(-c2cccc(C)c2)n(-c2cc(Cl)ccc2C)c1-c1cccc(Cl)c1. The number of benzene rings is 3. The highest BCUT2D eigenvalue weighted by Gasteiger charge is 2.27. The molecule has 162 valence electrons. The summed E-state index contributed by atoms with van der Waals surface area (Å²) in [7, 11) is 0. The van der Waals surface area contributed by atoms with Crippen LogP contribution in [0.4, 0.5) is 0 Å². The maximum atomic E-state index is 13.0. The molecule has 0 amide bonds. The Morgan fingerprint density at radius 3 is 2.38 bits per heavy atom. The maximum absolute atomic E-state index is 13.0. The van der Waals surface area contributed by atoms with Crippen molar-refractivity contribution in [2.75, 3.05) is 6.61 Å². The number of esters is 1. The van der Waals surface area contributed by atoms with Crippen molar-refractivity contribution in [2.24, 2.45) is 0 Å². The zero-order valence-corrected chi connectivity index (χ0v) is 19.5. The molecule has 0 aliphatic carbocycles. The van der Waals surface area contributed by atoms with E-state index in [0.717, 1.165) is 27.9 Å². The van der Waals surface area contributed by atoms with E-state index in [1.807, 2.05) is 79.1 Å². The van der Waals surface area contributed by atoms with Gasteiger partial charge in [-0.25, -0.2) is 9.78 Å². The summed E-state index contributed by atoms with van der Waals surface area (Å²) in [5.41, 5.74) is 5.36. The monoisotopic (exact) mass is 464 g/mol. The first kappa shape index (κ1) is 22.1. The first-order chi connectivity index (χ1) is 15.4. The average Bonchev–Trinajstić information content (AvgIpc) is 3.16. The van der Waals surface area contributed by atoms with Gasteiger partial charge in [0.2, 0.25) is 0 Å². The molecule has 1 aromatic heterocycles. The summed E-state index contributed by atoms with van der Waals surface area (Å²) in [5, 5.41) is 1.15. The number of rotatable bonds is 5. The number of carbonyl (C=O) groups is 1. The van der Waals surface area contributed by atoms with E-state index < -0.39 is 5.97 Å². The van der Waals surface area contributed by atoms with E-state index in [2.05, 4.69) is 0 Å². The molecule has 0 aliphatic rings. The number of carbonyl (C=O) groups excluding carboxylic acids is 1. The van der Waals surface area contributed by atoms with Crippen molar-refractivity contribution < 1.29 is 9.53 Å². The molecule has 4 nitrogen and oxygen atoms in total. The van der Waals surface area contributed by atoms with Crippen LogP contribution in [0.3, 0.4) is 0 Å². The normalized spacial score (nSPS) is 10.9. The second kappa shape index (κ2) is 9.19. The third kappa shape index (κ3) is 4.29. The number of hydrogen-bond donors (Lipinski definition) is 0. The molecule has 1 heterocycles. The molecule has 3 aromatic carbocycles. The first-order valence-corrected chi connectivity index (χ1v) is 11.0. The van der Waals surface area contributed by atoms with Crippen molar-refractivity contribution in [3.63, 3.8) is 0 Å². The van der Waals surface area contributed by atoms with Crippen molar-refractivity contribution in [1.29, 1.82) is 0 Å². The van der Waals surface area contributed by atoms with Gasteiger partial charge in [-0.3, -0.25) is 4.57 Å². The van der Waals surface area contributed by atoms with Crippen LogP contribution in [0, 0.1) is 13.8 Å². The number of imidazole rings is 1. The van der Waals surface area contributed by atoms with Crippen LogP contribution in [0.5, 0.6) is 0 Å². The molecule has 0 atom stereocenters. The Hall–Kier alpha value is -3.08. The van der Waals surface area contributed by atoms with Crippen molar-refractivity contribution in [3.05, 3.63) is 93.6 Å². The zero-order valence-electron chi connectivity index (χ0n) is 18.0. The van der Waals surface area contributed by atoms with Gasteiger partial charge < -0.3 is 4.74 Å². The Bertz CT molecular complexity index is 1310. The molecule has 4 rings (SSSR count). The van der Waals surface area contributed by atoms with E-state index in [9.17, 15) is 4.79 Å². The fourth-order valence-corrected chi connectivity index (χ4v) is 4.06. The highest BCUT2D eigenvalue weighted by molar-refractivity contribution is 6.31. The summed E-state index contributed by atoms with van der Waals surface area (Å²) in [5.74, 6) is 0.131. The lowest BCUT2D eigenvalue weighted by atomic mass is 10.1. The maximum Gasteiger partial charge on any atom is 0.359 e. The van der Waals surface area contributed by atoms with E-state index in [0.29, 0.717) is 21.6 Å². The van der Waals surface area contributed by atoms with Gasteiger partial charge in [-0.2, -0.15) is 0 Å². The highest BCUT2D eigenvalue weighted by Crippen LogP contribution is 2.36. The lowest BCUT2D eigenvalue weighted by molar-refractivity contribution is 0.0521. The Kier molecular flexibility index (Phi) is 6.35. The van der Waals surface area contributed by atoms with Crippen LogP contribution >= 0.6 is 23.2 Å². The van der Waals surface area contributed by atoms with Gasteiger partial charge in [0.1, 0.15) is 5.82 Å². The zero-order chi connectivity index (χ0) is 22.8. The van der Waals surface area contributed by atoms with Crippen LogP contribution in [0.15, 0.2) is 66.7 Å². The molecule has 0 N–H and O–H groups in total.